The summed E-state index contributed by atoms with van der Waals surface area (Å²) >= 11 is 1.58. The minimum atomic E-state index is -0.907. The molecule has 0 spiro atoms. The summed E-state index contributed by atoms with van der Waals surface area (Å²) in [5, 5.41) is 19.4. The van der Waals surface area contributed by atoms with Gasteiger partial charge in [-0.15, -0.1) is 11.3 Å². The normalized spacial score (nSPS) is 12.6. The average molecular weight is 431 g/mol. The maximum absolute atomic E-state index is 12.3. The molecule has 3 aromatic rings. The summed E-state index contributed by atoms with van der Waals surface area (Å²) < 4.78 is 12.0. The SMILES string of the molecule is CN(C(=O)OC(C)(C)C)c1cncc(-c2cc3ccc(OC[C@H](O)CO)cc3s2)c1. The van der Waals surface area contributed by atoms with Crippen molar-refractivity contribution in [2.75, 3.05) is 25.2 Å². The van der Waals surface area contributed by atoms with E-state index in [2.05, 4.69) is 11.1 Å². The van der Waals surface area contributed by atoms with E-state index in [1.54, 1.807) is 30.8 Å². The van der Waals surface area contributed by atoms with Gasteiger partial charge < -0.3 is 19.7 Å². The third-order valence-corrected chi connectivity index (χ3v) is 5.35. The van der Waals surface area contributed by atoms with Gasteiger partial charge in [-0.05, 0) is 56.5 Å². The number of benzene rings is 1. The van der Waals surface area contributed by atoms with Gasteiger partial charge in [0.05, 0.1) is 18.5 Å². The number of aliphatic hydroxyl groups is 2. The van der Waals surface area contributed by atoms with Gasteiger partial charge in [0.25, 0.3) is 0 Å². The van der Waals surface area contributed by atoms with Gasteiger partial charge in [0, 0.05) is 28.4 Å². The van der Waals surface area contributed by atoms with E-state index in [0.717, 1.165) is 20.5 Å². The predicted octanol–water partition coefficient (Wildman–Crippen LogP) is 4.07. The molecular formula is C22H26N2O5S. The van der Waals surface area contributed by atoms with Crippen molar-refractivity contribution < 1.29 is 24.5 Å². The van der Waals surface area contributed by atoms with Crippen LogP contribution >= 0.6 is 11.3 Å². The minimum absolute atomic E-state index is 0.0310. The Balaban J connectivity index is 1.82. The molecule has 7 nitrogen and oxygen atoms in total. The third-order valence-electron chi connectivity index (χ3n) is 4.21. The van der Waals surface area contributed by atoms with Gasteiger partial charge in [0.2, 0.25) is 0 Å². The first-order chi connectivity index (χ1) is 14.2. The molecule has 2 aromatic heterocycles. The van der Waals surface area contributed by atoms with E-state index in [0.29, 0.717) is 11.4 Å². The fourth-order valence-corrected chi connectivity index (χ4v) is 3.74. The summed E-state index contributed by atoms with van der Waals surface area (Å²) in [6.07, 6.45) is 2.03. The van der Waals surface area contributed by atoms with Crippen LogP contribution in [-0.2, 0) is 4.74 Å². The lowest BCUT2D eigenvalue weighted by molar-refractivity contribution is 0.0536. The Morgan fingerprint density at radius 1 is 1.23 bits per heavy atom. The number of hydrogen-bond donors (Lipinski definition) is 2. The van der Waals surface area contributed by atoms with Crippen LogP contribution in [0.5, 0.6) is 5.75 Å². The standard InChI is InChI=1S/C22H26N2O5S/c1-22(2,3)29-21(27)24(4)16-7-15(10-23-11-16)19-8-14-5-6-18(9-20(14)30-19)28-13-17(26)12-25/h5-11,17,25-26H,12-13H2,1-4H3/t17-/m1/s1. The van der Waals surface area contributed by atoms with Crippen LogP contribution < -0.4 is 9.64 Å². The third kappa shape index (κ3) is 5.47. The number of aliphatic hydroxyl groups excluding tert-OH is 2. The van der Waals surface area contributed by atoms with Crippen molar-refractivity contribution in [3.05, 3.63) is 42.7 Å². The van der Waals surface area contributed by atoms with E-state index in [9.17, 15) is 9.90 Å². The van der Waals surface area contributed by atoms with Gasteiger partial charge in [0.1, 0.15) is 24.1 Å². The Bertz CT molecular complexity index is 1030. The number of anilines is 1. The zero-order valence-corrected chi connectivity index (χ0v) is 18.3. The maximum atomic E-state index is 12.3. The number of fused-ring (bicyclic) bond motifs is 1. The largest absolute Gasteiger partial charge is 0.491 e. The Hall–Kier alpha value is -2.68. The second-order valence-electron chi connectivity index (χ2n) is 7.93. The fraction of sp³-hybridized carbons (Fsp3) is 0.364. The summed E-state index contributed by atoms with van der Waals surface area (Å²) in [6, 6.07) is 9.63. The highest BCUT2D eigenvalue weighted by atomic mass is 32.1. The molecule has 0 aliphatic carbocycles. The molecule has 2 N–H and O–H groups in total. The number of amides is 1. The van der Waals surface area contributed by atoms with Gasteiger partial charge in [0.15, 0.2) is 0 Å². The summed E-state index contributed by atoms with van der Waals surface area (Å²) in [6.45, 7) is 5.17. The van der Waals surface area contributed by atoms with Crippen LogP contribution in [-0.4, -0.2) is 53.3 Å². The van der Waals surface area contributed by atoms with Gasteiger partial charge in [-0.1, -0.05) is 0 Å². The van der Waals surface area contributed by atoms with Gasteiger partial charge >= 0.3 is 6.09 Å². The zero-order chi connectivity index (χ0) is 21.9. The Labute approximate surface area is 179 Å². The molecule has 2 heterocycles. The number of pyridine rings is 1. The van der Waals surface area contributed by atoms with Crippen molar-refractivity contribution in [3.8, 4) is 16.2 Å². The summed E-state index contributed by atoms with van der Waals surface area (Å²) in [7, 11) is 1.66. The molecule has 3 rings (SSSR count). The predicted molar refractivity (Wildman–Crippen MR) is 118 cm³/mol. The molecule has 8 heteroatoms. The Morgan fingerprint density at radius 2 is 2.00 bits per heavy atom. The van der Waals surface area contributed by atoms with Crippen molar-refractivity contribution >= 4 is 33.2 Å². The van der Waals surface area contributed by atoms with Crippen molar-refractivity contribution in [3.63, 3.8) is 0 Å². The van der Waals surface area contributed by atoms with E-state index in [1.807, 2.05) is 45.0 Å². The highest BCUT2D eigenvalue weighted by molar-refractivity contribution is 7.22. The number of ether oxygens (including phenoxy) is 2. The lowest BCUT2D eigenvalue weighted by Gasteiger charge is -2.24. The summed E-state index contributed by atoms with van der Waals surface area (Å²) in [5.74, 6) is 0.625. The molecule has 1 amide bonds. The number of thiophene rings is 1. The molecule has 160 valence electrons. The maximum Gasteiger partial charge on any atom is 0.414 e. The van der Waals surface area contributed by atoms with E-state index >= 15 is 0 Å². The Morgan fingerprint density at radius 3 is 2.70 bits per heavy atom. The van der Waals surface area contributed by atoms with Crippen LogP contribution in [0.2, 0.25) is 0 Å². The highest BCUT2D eigenvalue weighted by Gasteiger charge is 2.21. The molecule has 30 heavy (non-hydrogen) atoms. The molecule has 0 aliphatic rings. The van der Waals surface area contributed by atoms with E-state index in [-0.39, 0.29) is 13.2 Å². The van der Waals surface area contributed by atoms with Crippen LogP contribution in [0.4, 0.5) is 10.5 Å². The molecule has 1 atom stereocenters. The number of rotatable bonds is 6. The first-order valence-corrected chi connectivity index (χ1v) is 10.4. The van der Waals surface area contributed by atoms with Gasteiger partial charge in [-0.2, -0.15) is 0 Å². The molecule has 0 radical (unpaired) electrons. The molecular weight excluding hydrogens is 404 g/mol. The van der Waals surface area contributed by atoms with Crippen LogP contribution in [0.25, 0.3) is 20.5 Å². The van der Waals surface area contributed by atoms with Crippen LogP contribution in [0.3, 0.4) is 0 Å². The number of carbonyl (C=O) groups excluding carboxylic acids is 1. The van der Waals surface area contributed by atoms with Gasteiger partial charge in [-0.3, -0.25) is 9.88 Å². The topological polar surface area (TPSA) is 92.1 Å². The monoisotopic (exact) mass is 430 g/mol. The van der Waals surface area contributed by atoms with Crippen LogP contribution in [0.15, 0.2) is 42.7 Å². The summed E-state index contributed by atoms with van der Waals surface area (Å²) in [5.41, 5.74) is 0.956. The molecule has 0 aliphatic heterocycles. The van der Waals surface area contributed by atoms with Crippen molar-refractivity contribution in [1.29, 1.82) is 0 Å². The van der Waals surface area contributed by atoms with E-state index < -0.39 is 17.8 Å². The number of carbonyl (C=O) groups is 1. The first kappa shape index (κ1) is 22.0. The quantitative estimate of drug-likeness (QED) is 0.613. The Kier molecular flexibility index (Phi) is 6.60. The lowest BCUT2D eigenvalue weighted by atomic mass is 10.2. The summed E-state index contributed by atoms with van der Waals surface area (Å²) in [4.78, 5) is 19.1. The second kappa shape index (κ2) is 8.99. The molecule has 0 saturated heterocycles. The number of nitrogens with zero attached hydrogens (tertiary/aromatic N) is 2. The van der Waals surface area contributed by atoms with Gasteiger partial charge in [-0.25, -0.2) is 4.79 Å². The van der Waals surface area contributed by atoms with Crippen LogP contribution in [0.1, 0.15) is 20.8 Å². The molecule has 0 bridgehead atoms. The van der Waals surface area contributed by atoms with E-state index in [1.165, 1.54) is 4.90 Å². The molecule has 0 unspecified atom stereocenters. The molecule has 1 aromatic carbocycles. The van der Waals surface area contributed by atoms with Crippen molar-refractivity contribution in [2.24, 2.45) is 0 Å². The minimum Gasteiger partial charge on any atom is -0.491 e. The first-order valence-electron chi connectivity index (χ1n) is 9.54. The number of hydrogen-bond acceptors (Lipinski definition) is 7. The second-order valence-corrected chi connectivity index (χ2v) is 9.01. The average Bonchev–Trinajstić information content (AvgIpc) is 3.13. The fourth-order valence-electron chi connectivity index (χ4n) is 2.67. The molecule has 0 fully saturated rings. The smallest absolute Gasteiger partial charge is 0.414 e. The zero-order valence-electron chi connectivity index (χ0n) is 17.5. The van der Waals surface area contributed by atoms with E-state index in [4.69, 9.17) is 14.6 Å². The molecule has 0 saturated carbocycles. The lowest BCUT2D eigenvalue weighted by Crippen LogP contribution is -2.34. The highest BCUT2D eigenvalue weighted by Crippen LogP contribution is 2.36. The van der Waals surface area contributed by atoms with Crippen molar-refractivity contribution in [1.82, 2.24) is 4.98 Å². The van der Waals surface area contributed by atoms with Crippen molar-refractivity contribution in [2.45, 2.75) is 32.5 Å². The van der Waals surface area contributed by atoms with Crippen LogP contribution in [0, 0.1) is 0 Å². The number of aromatic nitrogens is 1.